The van der Waals surface area contributed by atoms with E-state index in [1.165, 1.54) is 33.4 Å². The first-order valence-corrected chi connectivity index (χ1v) is 10.4. The van der Waals surface area contributed by atoms with Gasteiger partial charge in [0.25, 0.3) is 5.69 Å². The predicted molar refractivity (Wildman–Crippen MR) is 110 cm³/mol. The second-order valence-electron chi connectivity index (χ2n) is 6.30. The molecule has 162 valence electrons. The summed E-state index contributed by atoms with van der Waals surface area (Å²) in [6, 6.07) is 9.61. The Balaban J connectivity index is 1.90. The van der Waals surface area contributed by atoms with E-state index in [2.05, 4.69) is 5.32 Å². The molecule has 0 aromatic heterocycles. The number of hydrogen-bond donors (Lipinski definition) is 1. The molecule has 2 aromatic rings. The maximum absolute atomic E-state index is 12.5. The van der Waals surface area contributed by atoms with Crippen molar-refractivity contribution >= 4 is 27.3 Å². The Hall–Kier alpha value is -3.18. The number of methoxy groups -OCH3 is 2. The SMILES string of the molecule is COc1ccc(NC(=O)CCCN(C)S(=O)(=O)c2ccc([N+](=O)[O-])cc2)cc1OC. The van der Waals surface area contributed by atoms with Crippen molar-refractivity contribution in [3.8, 4) is 11.5 Å². The highest BCUT2D eigenvalue weighted by molar-refractivity contribution is 7.89. The van der Waals surface area contributed by atoms with Crippen LogP contribution in [0.2, 0.25) is 0 Å². The van der Waals surface area contributed by atoms with Gasteiger partial charge in [-0.2, -0.15) is 0 Å². The lowest BCUT2D eigenvalue weighted by Crippen LogP contribution is -2.28. The van der Waals surface area contributed by atoms with Crippen LogP contribution in [0, 0.1) is 10.1 Å². The van der Waals surface area contributed by atoms with E-state index in [4.69, 9.17) is 9.47 Å². The number of ether oxygens (including phenoxy) is 2. The van der Waals surface area contributed by atoms with Crippen LogP contribution in [0.25, 0.3) is 0 Å². The van der Waals surface area contributed by atoms with Crippen molar-refractivity contribution in [3.63, 3.8) is 0 Å². The summed E-state index contributed by atoms with van der Waals surface area (Å²) < 4.78 is 36.5. The Labute approximate surface area is 174 Å². The first kappa shape index (κ1) is 23.1. The maximum Gasteiger partial charge on any atom is 0.269 e. The van der Waals surface area contributed by atoms with E-state index in [0.717, 1.165) is 16.4 Å². The molecule has 0 bridgehead atoms. The van der Waals surface area contributed by atoms with E-state index in [1.807, 2.05) is 0 Å². The van der Waals surface area contributed by atoms with Crippen LogP contribution >= 0.6 is 0 Å². The van der Waals surface area contributed by atoms with Crippen LogP contribution in [-0.2, 0) is 14.8 Å². The van der Waals surface area contributed by atoms with Crippen molar-refractivity contribution in [2.75, 3.05) is 33.1 Å². The zero-order chi connectivity index (χ0) is 22.3. The van der Waals surface area contributed by atoms with Crippen LogP contribution in [-0.4, -0.2) is 51.4 Å². The summed E-state index contributed by atoms with van der Waals surface area (Å²) in [6.45, 7) is 0.110. The minimum absolute atomic E-state index is 0.0506. The fourth-order valence-corrected chi connectivity index (χ4v) is 3.85. The van der Waals surface area contributed by atoms with Crippen LogP contribution in [0.15, 0.2) is 47.4 Å². The third kappa shape index (κ3) is 5.67. The molecule has 0 aliphatic rings. The molecule has 2 aromatic carbocycles. The first-order chi connectivity index (χ1) is 14.2. The molecule has 0 aliphatic heterocycles. The molecule has 0 unspecified atom stereocenters. The number of non-ortho nitro benzene ring substituents is 1. The van der Waals surface area contributed by atoms with Gasteiger partial charge in [0.1, 0.15) is 0 Å². The van der Waals surface area contributed by atoms with Crippen LogP contribution in [0.4, 0.5) is 11.4 Å². The molecule has 0 spiro atoms. The highest BCUT2D eigenvalue weighted by Gasteiger charge is 2.21. The van der Waals surface area contributed by atoms with Crippen molar-refractivity contribution in [2.24, 2.45) is 0 Å². The van der Waals surface area contributed by atoms with Crippen LogP contribution in [0.3, 0.4) is 0 Å². The summed E-state index contributed by atoms with van der Waals surface area (Å²) in [7, 11) is 0.587. The number of carbonyl (C=O) groups excluding carboxylic acids is 1. The Morgan fingerprint density at radius 1 is 1.10 bits per heavy atom. The summed E-state index contributed by atoms with van der Waals surface area (Å²) in [5.74, 6) is 0.737. The number of nitro groups is 1. The molecule has 1 N–H and O–H groups in total. The fourth-order valence-electron chi connectivity index (χ4n) is 2.64. The van der Waals surface area contributed by atoms with Gasteiger partial charge in [0, 0.05) is 43.9 Å². The number of rotatable bonds is 10. The molecule has 2 rings (SSSR count). The Morgan fingerprint density at radius 3 is 2.30 bits per heavy atom. The quantitative estimate of drug-likeness (QED) is 0.447. The maximum atomic E-state index is 12.5. The van der Waals surface area contributed by atoms with Gasteiger partial charge in [0.15, 0.2) is 11.5 Å². The minimum Gasteiger partial charge on any atom is -0.493 e. The highest BCUT2D eigenvalue weighted by atomic mass is 32.2. The molecular formula is C19H23N3O7S. The van der Waals surface area contributed by atoms with Gasteiger partial charge in [-0.05, 0) is 30.7 Å². The summed E-state index contributed by atoms with van der Waals surface area (Å²) in [5, 5.41) is 13.4. The Bertz CT molecular complexity index is 1010. The zero-order valence-corrected chi connectivity index (χ0v) is 17.6. The van der Waals surface area contributed by atoms with Gasteiger partial charge >= 0.3 is 0 Å². The topological polar surface area (TPSA) is 128 Å². The number of anilines is 1. The molecule has 0 aliphatic carbocycles. The zero-order valence-electron chi connectivity index (χ0n) is 16.8. The van der Waals surface area contributed by atoms with E-state index in [9.17, 15) is 23.3 Å². The third-order valence-electron chi connectivity index (χ3n) is 4.30. The molecule has 0 heterocycles. The molecule has 30 heavy (non-hydrogen) atoms. The second-order valence-corrected chi connectivity index (χ2v) is 8.34. The fraction of sp³-hybridized carbons (Fsp3) is 0.316. The Morgan fingerprint density at radius 2 is 1.73 bits per heavy atom. The summed E-state index contributed by atoms with van der Waals surface area (Å²) in [4.78, 5) is 22.2. The van der Waals surface area contributed by atoms with Crippen LogP contribution in [0.5, 0.6) is 11.5 Å². The van der Waals surface area contributed by atoms with E-state index in [1.54, 1.807) is 18.2 Å². The number of hydrogen-bond acceptors (Lipinski definition) is 7. The lowest BCUT2D eigenvalue weighted by Gasteiger charge is -2.17. The molecular weight excluding hydrogens is 414 g/mol. The molecule has 0 radical (unpaired) electrons. The third-order valence-corrected chi connectivity index (χ3v) is 6.17. The van der Waals surface area contributed by atoms with Crippen LogP contribution in [0.1, 0.15) is 12.8 Å². The predicted octanol–water partition coefficient (Wildman–Crippen LogP) is 2.65. The first-order valence-electron chi connectivity index (χ1n) is 8.91. The number of nitrogens with zero attached hydrogens (tertiary/aromatic N) is 2. The molecule has 0 fully saturated rings. The molecule has 0 saturated carbocycles. The van der Waals surface area contributed by atoms with Crippen LogP contribution < -0.4 is 14.8 Å². The molecule has 11 heteroatoms. The van der Waals surface area contributed by atoms with E-state index in [0.29, 0.717) is 23.6 Å². The monoisotopic (exact) mass is 437 g/mol. The summed E-state index contributed by atoms with van der Waals surface area (Å²) >= 11 is 0. The Kier molecular flexibility index (Phi) is 7.72. The van der Waals surface area contributed by atoms with Gasteiger partial charge in [0.05, 0.1) is 24.0 Å². The molecule has 0 atom stereocenters. The smallest absolute Gasteiger partial charge is 0.269 e. The normalized spacial score (nSPS) is 11.2. The highest BCUT2D eigenvalue weighted by Crippen LogP contribution is 2.29. The largest absolute Gasteiger partial charge is 0.493 e. The lowest BCUT2D eigenvalue weighted by atomic mass is 10.2. The molecule has 10 nitrogen and oxygen atoms in total. The van der Waals surface area contributed by atoms with Crippen molar-refractivity contribution in [1.82, 2.24) is 4.31 Å². The number of nitro benzene ring substituents is 1. The average molecular weight is 437 g/mol. The number of carbonyl (C=O) groups is 1. The van der Waals surface area contributed by atoms with Gasteiger partial charge in [-0.25, -0.2) is 12.7 Å². The average Bonchev–Trinajstić information content (AvgIpc) is 2.73. The van der Waals surface area contributed by atoms with Crippen molar-refractivity contribution < 1.29 is 27.6 Å². The summed E-state index contributed by atoms with van der Waals surface area (Å²) in [6.07, 6.45) is 0.399. The number of amides is 1. The number of sulfonamides is 1. The van der Waals surface area contributed by atoms with E-state index < -0.39 is 14.9 Å². The van der Waals surface area contributed by atoms with Gasteiger partial charge in [0.2, 0.25) is 15.9 Å². The standard InChI is InChI=1S/C19H23N3O7S/c1-21(30(26,27)16-9-7-15(8-10-16)22(24)25)12-4-5-19(23)20-14-6-11-17(28-2)18(13-14)29-3/h6-11,13H,4-5,12H2,1-3H3,(H,20,23). The van der Waals surface area contributed by atoms with Gasteiger partial charge in [-0.15, -0.1) is 0 Å². The summed E-state index contributed by atoms with van der Waals surface area (Å²) in [5.41, 5.74) is 0.341. The molecule has 0 saturated heterocycles. The van der Waals surface area contributed by atoms with Gasteiger partial charge in [-0.3, -0.25) is 14.9 Å². The molecule has 1 amide bonds. The van der Waals surface area contributed by atoms with Gasteiger partial charge in [-0.1, -0.05) is 0 Å². The second kappa shape index (κ2) is 10.0. The minimum atomic E-state index is -3.81. The van der Waals surface area contributed by atoms with Crippen molar-refractivity contribution in [3.05, 3.63) is 52.6 Å². The number of benzene rings is 2. The lowest BCUT2D eigenvalue weighted by molar-refractivity contribution is -0.384. The van der Waals surface area contributed by atoms with Crippen molar-refractivity contribution in [1.29, 1.82) is 0 Å². The van der Waals surface area contributed by atoms with E-state index in [-0.39, 0.29) is 29.5 Å². The number of nitrogens with one attached hydrogen (secondary N) is 1. The van der Waals surface area contributed by atoms with Crippen molar-refractivity contribution in [2.45, 2.75) is 17.7 Å². The van der Waals surface area contributed by atoms with E-state index >= 15 is 0 Å². The van der Waals surface area contributed by atoms with Gasteiger partial charge < -0.3 is 14.8 Å².